The van der Waals surface area contributed by atoms with E-state index in [0.29, 0.717) is 5.75 Å². The van der Waals surface area contributed by atoms with Gasteiger partial charge in [-0.25, -0.2) is 0 Å². The first-order valence-electron chi connectivity index (χ1n) is 7.30. The minimum absolute atomic E-state index is 0.161. The third-order valence-corrected chi connectivity index (χ3v) is 3.31. The van der Waals surface area contributed by atoms with Crippen LogP contribution in [0.2, 0.25) is 0 Å². The summed E-state index contributed by atoms with van der Waals surface area (Å²) in [6.45, 7) is 1.79. The number of rotatable bonds is 7. The molecule has 23 heavy (non-hydrogen) atoms. The number of aliphatic carboxylic acids is 1. The molecule has 5 nitrogen and oxygen atoms in total. The molecule has 0 bridgehead atoms. The Morgan fingerprint density at radius 1 is 1.09 bits per heavy atom. The molecule has 2 N–H and O–H groups in total. The van der Waals surface area contributed by atoms with Crippen LogP contribution in [0.15, 0.2) is 54.6 Å². The summed E-state index contributed by atoms with van der Waals surface area (Å²) in [6, 6.07) is 15.8. The maximum Gasteiger partial charge on any atom is 0.305 e. The number of benzene rings is 2. The van der Waals surface area contributed by atoms with Gasteiger partial charge in [-0.05, 0) is 24.6 Å². The summed E-state index contributed by atoms with van der Waals surface area (Å²) in [5.41, 5.74) is 1.83. The van der Waals surface area contributed by atoms with Crippen LogP contribution in [0.25, 0.3) is 0 Å². The highest BCUT2D eigenvalue weighted by atomic mass is 16.5. The average molecular weight is 313 g/mol. The lowest BCUT2D eigenvalue weighted by molar-refractivity contribution is -0.137. The van der Waals surface area contributed by atoms with E-state index in [1.165, 1.54) is 0 Å². The lowest BCUT2D eigenvalue weighted by Crippen LogP contribution is -2.33. The highest BCUT2D eigenvalue weighted by Crippen LogP contribution is 2.17. The number of amides is 1. The Kier molecular flexibility index (Phi) is 5.74. The van der Waals surface area contributed by atoms with E-state index in [1.807, 2.05) is 49.4 Å². The van der Waals surface area contributed by atoms with E-state index in [4.69, 9.17) is 9.84 Å². The number of aryl methyl sites for hydroxylation is 1. The van der Waals surface area contributed by atoms with Crippen molar-refractivity contribution >= 4 is 11.9 Å². The molecular formula is C18H19NO4. The van der Waals surface area contributed by atoms with E-state index >= 15 is 0 Å². The molecule has 0 aliphatic carbocycles. The van der Waals surface area contributed by atoms with Crippen LogP contribution in [-0.4, -0.2) is 23.6 Å². The molecule has 0 saturated heterocycles. The maximum atomic E-state index is 12.0. The molecule has 0 unspecified atom stereocenters. The van der Waals surface area contributed by atoms with Crippen molar-refractivity contribution in [2.75, 3.05) is 6.61 Å². The van der Waals surface area contributed by atoms with E-state index in [-0.39, 0.29) is 18.9 Å². The topological polar surface area (TPSA) is 75.6 Å². The zero-order valence-corrected chi connectivity index (χ0v) is 12.9. The summed E-state index contributed by atoms with van der Waals surface area (Å²) in [5.74, 6) is -0.742. The largest absolute Gasteiger partial charge is 0.484 e. The van der Waals surface area contributed by atoms with Crippen LogP contribution >= 0.6 is 0 Å². The predicted octanol–water partition coefficient (Wildman–Crippen LogP) is 2.71. The van der Waals surface area contributed by atoms with Gasteiger partial charge in [-0.15, -0.1) is 0 Å². The number of hydrogen-bond donors (Lipinski definition) is 2. The first kappa shape index (κ1) is 16.5. The van der Waals surface area contributed by atoms with Crippen molar-refractivity contribution in [3.05, 3.63) is 65.7 Å². The lowest BCUT2D eigenvalue weighted by atomic mass is 10.0. The van der Waals surface area contributed by atoms with Gasteiger partial charge in [0.05, 0.1) is 12.5 Å². The van der Waals surface area contributed by atoms with Crippen molar-refractivity contribution in [2.45, 2.75) is 19.4 Å². The molecule has 2 aromatic rings. The van der Waals surface area contributed by atoms with Crippen LogP contribution < -0.4 is 10.1 Å². The highest BCUT2D eigenvalue weighted by Gasteiger charge is 2.18. The van der Waals surface area contributed by atoms with Crippen molar-refractivity contribution < 1.29 is 19.4 Å². The Balaban J connectivity index is 1.98. The molecule has 0 spiro atoms. The summed E-state index contributed by atoms with van der Waals surface area (Å²) in [5, 5.41) is 11.7. The van der Waals surface area contributed by atoms with Crippen molar-refractivity contribution in [1.29, 1.82) is 0 Å². The third kappa shape index (κ3) is 5.47. The minimum Gasteiger partial charge on any atom is -0.484 e. The predicted molar refractivity (Wildman–Crippen MR) is 86.3 cm³/mol. The van der Waals surface area contributed by atoms with Gasteiger partial charge in [-0.3, -0.25) is 9.59 Å². The second kappa shape index (κ2) is 7.98. The van der Waals surface area contributed by atoms with Crippen LogP contribution in [0.1, 0.15) is 23.6 Å². The first-order valence-corrected chi connectivity index (χ1v) is 7.30. The van der Waals surface area contributed by atoms with Gasteiger partial charge in [-0.2, -0.15) is 0 Å². The molecule has 0 aliphatic heterocycles. The van der Waals surface area contributed by atoms with Gasteiger partial charge in [0.25, 0.3) is 5.91 Å². The molecule has 1 amide bonds. The molecule has 0 aromatic heterocycles. The Morgan fingerprint density at radius 2 is 1.74 bits per heavy atom. The lowest BCUT2D eigenvalue weighted by Gasteiger charge is -2.18. The van der Waals surface area contributed by atoms with Gasteiger partial charge in [0.15, 0.2) is 6.61 Å². The molecule has 0 radical (unpaired) electrons. The first-order chi connectivity index (χ1) is 11.0. The monoisotopic (exact) mass is 313 g/mol. The number of para-hydroxylation sites is 1. The summed E-state index contributed by atoms with van der Waals surface area (Å²) in [7, 11) is 0. The molecule has 0 saturated carbocycles. The average Bonchev–Trinajstić information content (AvgIpc) is 2.53. The summed E-state index contributed by atoms with van der Waals surface area (Å²) in [4.78, 5) is 23.0. The Labute approximate surface area is 134 Å². The fourth-order valence-electron chi connectivity index (χ4n) is 2.13. The zero-order chi connectivity index (χ0) is 16.7. The van der Waals surface area contributed by atoms with Gasteiger partial charge in [0.1, 0.15) is 5.75 Å². The van der Waals surface area contributed by atoms with Crippen molar-refractivity contribution in [3.8, 4) is 5.75 Å². The smallest absolute Gasteiger partial charge is 0.305 e. The van der Waals surface area contributed by atoms with Crippen molar-refractivity contribution in [2.24, 2.45) is 0 Å². The van der Waals surface area contributed by atoms with Gasteiger partial charge >= 0.3 is 5.97 Å². The van der Waals surface area contributed by atoms with Crippen molar-refractivity contribution in [1.82, 2.24) is 5.32 Å². The third-order valence-electron chi connectivity index (χ3n) is 3.31. The van der Waals surface area contributed by atoms with Crippen molar-refractivity contribution in [3.63, 3.8) is 0 Å². The molecule has 0 heterocycles. The molecule has 0 aliphatic rings. The second-order valence-electron chi connectivity index (χ2n) is 5.23. The van der Waals surface area contributed by atoms with Gasteiger partial charge in [-0.1, -0.05) is 48.0 Å². The fourth-order valence-corrected chi connectivity index (χ4v) is 2.13. The number of carboxylic acid groups (broad SMARTS) is 1. The molecule has 120 valence electrons. The van der Waals surface area contributed by atoms with E-state index in [2.05, 4.69) is 5.32 Å². The van der Waals surface area contributed by atoms with Crippen LogP contribution in [-0.2, 0) is 9.59 Å². The maximum absolute atomic E-state index is 12.0. The van der Waals surface area contributed by atoms with Crippen LogP contribution in [0.3, 0.4) is 0 Å². The van der Waals surface area contributed by atoms with Crippen LogP contribution in [0, 0.1) is 6.92 Å². The Bertz CT molecular complexity index is 652. The summed E-state index contributed by atoms with van der Waals surface area (Å²) in [6.07, 6.45) is -0.180. The minimum atomic E-state index is -0.972. The van der Waals surface area contributed by atoms with Gasteiger partial charge < -0.3 is 15.2 Å². The Morgan fingerprint density at radius 3 is 2.35 bits per heavy atom. The quantitative estimate of drug-likeness (QED) is 0.824. The van der Waals surface area contributed by atoms with E-state index < -0.39 is 12.0 Å². The van der Waals surface area contributed by atoms with Gasteiger partial charge in [0.2, 0.25) is 0 Å². The number of carbonyl (C=O) groups excluding carboxylic acids is 1. The molecule has 2 rings (SSSR count). The van der Waals surface area contributed by atoms with E-state index in [0.717, 1.165) is 11.1 Å². The fraction of sp³-hybridized carbons (Fsp3) is 0.222. The second-order valence-corrected chi connectivity index (χ2v) is 5.23. The molecule has 2 aromatic carbocycles. The number of hydrogen-bond acceptors (Lipinski definition) is 3. The standard InChI is InChI=1S/C18H19NO4/c1-13-7-9-14(10-8-13)16(11-18(21)22)19-17(20)12-23-15-5-3-2-4-6-15/h2-10,16H,11-12H2,1H3,(H,19,20)(H,21,22)/t16-/m0/s1. The molecular weight excluding hydrogens is 294 g/mol. The van der Waals surface area contributed by atoms with E-state index in [1.54, 1.807) is 12.1 Å². The molecule has 1 atom stereocenters. The molecule has 5 heteroatoms. The highest BCUT2D eigenvalue weighted by molar-refractivity contribution is 5.79. The number of ether oxygens (including phenoxy) is 1. The van der Waals surface area contributed by atoms with Crippen LogP contribution in [0.4, 0.5) is 0 Å². The van der Waals surface area contributed by atoms with E-state index in [9.17, 15) is 9.59 Å². The number of carboxylic acids is 1. The Hall–Kier alpha value is -2.82. The van der Waals surface area contributed by atoms with Gasteiger partial charge in [0, 0.05) is 0 Å². The summed E-state index contributed by atoms with van der Waals surface area (Å²) < 4.78 is 5.37. The normalized spacial score (nSPS) is 11.5. The number of nitrogens with one attached hydrogen (secondary N) is 1. The summed E-state index contributed by atoms with van der Waals surface area (Å²) >= 11 is 0. The zero-order valence-electron chi connectivity index (χ0n) is 12.9. The van der Waals surface area contributed by atoms with Crippen LogP contribution in [0.5, 0.6) is 5.75 Å². The number of carbonyl (C=O) groups is 2. The SMILES string of the molecule is Cc1ccc([C@H](CC(=O)O)NC(=O)COc2ccccc2)cc1. The molecule has 0 fully saturated rings.